The highest BCUT2D eigenvalue weighted by molar-refractivity contribution is 5.77. The second-order valence-electron chi connectivity index (χ2n) is 6.85. The molecule has 3 rings (SSSR count). The molecule has 1 saturated carbocycles. The van der Waals surface area contributed by atoms with Crippen LogP contribution in [0.3, 0.4) is 0 Å². The molecule has 1 amide bonds. The van der Waals surface area contributed by atoms with Crippen molar-refractivity contribution in [1.82, 2.24) is 9.80 Å². The Hall–Kier alpha value is -1.55. The van der Waals surface area contributed by atoms with Crippen molar-refractivity contribution in [2.75, 3.05) is 32.8 Å². The van der Waals surface area contributed by atoms with Gasteiger partial charge < -0.3 is 9.64 Å². The summed E-state index contributed by atoms with van der Waals surface area (Å²) in [6.45, 7) is 6.21. The van der Waals surface area contributed by atoms with Crippen LogP contribution in [0.25, 0.3) is 0 Å². The summed E-state index contributed by atoms with van der Waals surface area (Å²) < 4.78 is 5.58. The number of nitrogens with zero attached hydrogens (tertiary/aromatic N) is 2. The third kappa shape index (κ3) is 4.25. The normalized spacial score (nSPS) is 26.0. The molecule has 0 unspecified atom stereocenters. The van der Waals surface area contributed by atoms with Crippen molar-refractivity contribution < 1.29 is 9.53 Å². The quantitative estimate of drug-likeness (QED) is 0.856. The number of amides is 1. The van der Waals surface area contributed by atoms with E-state index in [1.54, 1.807) is 0 Å². The SMILES string of the molecule is C[C@@H]1CCCC[C@@H]1N1CCN(C(=O)COc2ccccc2)CC1. The van der Waals surface area contributed by atoms with Gasteiger partial charge in [0.1, 0.15) is 5.75 Å². The minimum absolute atomic E-state index is 0.102. The topological polar surface area (TPSA) is 32.8 Å². The van der Waals surface area contributed by atoms with Crippen LogP contribution >= 0.6 is 0 Å². The maximum atomic E-state index is 12.3. The second kappa shape index (κ2) is 7.82. The molecule has 126 valence electrons. The predicted molar refractivity (Wildman–Crippen MR) is 91.5 cm³/mol. The Kier molecular flexibility index (Phi) is 5.55. The van der Waals surface area contributed by atoms with E-state index >= 15 is 0 Å². The molecule has 0 aromatic heterocycles. The summed E-state index contributed by atoms with van der Waals surface area (Å²) >= 11 is 0. The third-order valence-corrected chi connectivity index (χ3v) is 5.31. The fourth-order valence-electron chi connectivity index (χ4n) is 3.90. The number of hydrogen-bond donors (Lipinski definition) is 0. The molecule has 2 atom stereocenters. The maximum absolute atomic E-state index is 12.3. The van der Waals surface area contributed by atoms with E-state index in [4.69, 9.17) is 4.74 Å². The molecule has 1 saturated heterocycles. The van der Waals surface area contributed by atoms with E-state index in [1.807, 2.05) is 35.2 Å². The Morgan fingerprint density at radius 1 is 1.09 bits per heavy atom. The molecular weight excluding hydrogens is 288 g/mol. The van der Waals surface area contributed by atoms with E-state index in [0.29, 0.717) is 0 Å². The predicted octanol–water partition coefficient (Wildman–Crippen LogP) is 2.79. The zero-order valence-corrected chi connectivity index (χ0v) is 14.1. The molecule has 4 heteroatoms. The Morgan fingerprint density at radius 2 is 1.78 bits per heavy atom. The third-order valence-electron chi connectivity index (χ3n) is 5.31. The molecule has 0 bridgehead atoms. The lowest BCUT2D eigenvalue weighted by molar-refractivity contribution is -0.135. The van der Waals surface area contributed by atoms with Gasteiger partial charge in [-0.2, -0.15) is 0 Å². The van der Waals surface area contributed by atoms with Crippen LogP contribution in [-0.4, -0.2) is 54.5 Å². The van der Waals surface area contributed by atoms with E-state index in [0.717, 1.165) is 43.9 Å². The standard InChI is InChI=1S/C19H28N2O2/c1-16-7-5-6-10-18(16)20-11-13-21(14-12-20)19(22)15-23-17-8-3-2-4-9-17/h2-4,8-9,16,18H,5-7,10-15H2,1H3/t16-,18+/m1/s1. The summed E-state index contributed by atoms with van der Waals surface area (Å²) in [5, 5.41) is 0. The molecule has 1 aromatic rings. The van der Waals surface area contributed by atoms with E-state index in [-0.39, 0.29) is 12.5 Å². The van der Waals surface area contributed by atoms with Crippen LogP contribution in [0, 0.1) is 5.92 Å². The van der Waals surface area contributed by atoms with Gasteiger partial charge in [0.25, 0.3) is 5.91 Å². The summed E-state index contributed by atoms with van der Waals surface area (Å²) in [5.41, 5.74) is 0. The lowest BCUT2D eigenvalue weighted by atomic mass is 9.84. The first-order chi connectivity index (χ1) is 11.2. The van der Waals surface area contributed by atoms with Gasteiger partial charge in [0, 0.05) is 32.2 Å². The van der Waals surface area contributed by atoms with Crippen LogP contribution in [0.2, 0.25) is 0 Å². The molecule has 0 radical (unpaired) electrons. The van der Waals surface area contributed by atoms with Gasteiger partial charge in [-0.1, -0.05) is 38.0 Å². The molecule has 0 N–H and O–H groups in total. The van der Waals surface area contributed by atoms with Crippen LogP contribution in [0.1, 0.15) is 32.6 Å². The highest BCUT2D eigenvalue weighted by Crippen LogP contribution is 2.28. The van der Waals surface area contributed by atoms with Gasteiger partial charge >= 0.3 is 0 Å². The molecule has 1 aliphatic carbocycles. The minimum Gasteiger partial charge on any atom is -0.484 e. The summed E-state index contributed by atoms with van der Waals surface area (Å²) in [4.78, 5) is 16.9. The van der Waals surface area contributed by atoms with Crippen molar-refractivity contribution >= 4 is 5.91 Å². The molecule has 1 aliphatic heterocycles. The Bertz CT molecular complexity index is 497. The van der Waals surface area contributed by atoms with Gasteiger partial charge in [-0.25, -0.2) is 0 Å². The minimum atomic E-state index is 0.102. The molecule has 2 aliphatic rings. The summed E-state index contributed by atoms with van der Waals surface area (Å²) in [6.07, 6.45) is 5.42. The molecule has 4 nitrogen and oxygen atoms in total. The van der Waals surface area contributed by atoms with Gasteiger partial charge in [-0.3, -0.25) is 9.69 Å². The lowest BCUT2D eigenvalue weighted by Crippen LogP contribution is -2.54. The van der Waals surface area contributed by atoms with E-state index < -0.39 is 0 Å². The molecule has 0 spiro atoms. The second-order valence-corrected chi connectivity index (χ2v) is 6.85. The van der Waals surface area contributed by atoms with Crippen LogP contribution in [0.4, 0.5) is 0 Å². The first-order valence-corrected chi connectivity index (χ1v) is 8.94. The van der Waals surface area contributed by atoms with Crippen LogP contribution in [0.5, 0.6) is 5.75 Å². The average molecular weight is 316 g/mol. The number of rotatable bonds is 4. The molecule has 1 aromatic carbocycles. The average Bonchev–Trinajstić information content (AvgIpc) is 2.61. The smallest absolute Gasteiger partial charge is 0.260 e. The fraction of sp³-hybridized carbons (Fsp3) is 0.632. The Balaban J connectivity index is 1.44. The maximum Gasteiger partial charge on any atom is 0.260 e. The zero-order valence-electron chi connectivity index (χ0n) is 14.1. The van der Waals surface area contributed by atoms with E-state index in [1.165, 1.54) is 25.7 Å². The van der Waals surface area contributed by atoms with Gasteiger partial charge in [-0.15, -0.1) is 0 Å². The highest BCUT2D eigenvalue weighted by Gasteiger charge is 2.30. The number of carbonyl (C=O) groups is 1. The summed E-state index contributed by atoms with van der Waals surface area (Å²) in [6, 6.07) is 10.3. The lowest BCUT2D eigenvalue weighted by Gasteiger charge is -2.43. The summed E-state index contributed by atoms with van der Waals surface area (Å²) in [5.74, 6) is 1.66. The van der Waals surface area contributed by atoms with Crippen molar-refractivity contribution in [2.24, 2.45) is 5.92 Å². The first-order valence-electron chi connectivity index (χ1n) is 8.94. The van der Waals surface area contributed by atoms with Crippen molar-refractivity contribution in [1.29, 1.82) is 0 Å². The van der Waals surface area contributed by atoms with Gasteiger partial charge in [0.2, 0.25) is 0 Å². The molecule has 23 heavy (non-hydrogen) atoms. The monoisotopic (exact) mass is 316 g/mol. The number of ether oxygens (including phenoxy) is 1. The van der Waals surface area contributed by atoms with Crippen molar-refractivity contribution in [3.8, 4) is 5.75 Å². The number of piperazine rings is 1. The van der Waals surface area contributed by atoms with Crippen molar-refractivity contribution in [3.05, 3.63) is 30.3 Å². The number of para-hydroxylation sites is 1. The van der Waals surface area contributed by atoms with Gasteiger partial charge in [0.05, 0.1) is 0 Å². The number of carbonyl (C=O) groups excluding carboxylic acids is 1. The van der Waals surface area contributed by atoms with Crippen LogP contribution in [-0.2, 0) is 4.79 Å². The van der Waals surface area contributed by atoms with E-state index in [2.05, 4.69) is 11.8 Å². The first kappa shape index (κ1) is 16.3. The largest absolute Gasteiger partial charge is 0.484 e. The number of hydrogen-bond acceptors (Lipinski definition) is 3. The van der Waals surface area contributed by atoms with E-state index in [9.17, 15) is 4.79 Å². The van der Waals surface area contributed by atoms with Crippen LogP contribution < -0.4 is 4.74 Å². The van der Waals surface area contributed by atoms with Gasteiger partial charge in [0.15, 0.2) is 6.61 Å². The fourth-order valence-corrected chi connectivity index (χ4v) is 3.90. The molecule has 2 fully saturated rings. The van der Waals surface area contributed by atoms with Crippen molar-refractivity contribution in [3.63, 3.8) is 0 Å². The Labute approximate surface area is 139 Å². The zero-order chi connectivity index (χ0) is 16.1. The highest BCUT2D eigenvalue weighted by atomic mass is 16.5. The molecular formula is C19H28N2O2. The van der Waals surface area contributed by atoms with Crippen LogP contribution in [0.15, 0.2) is 30.3 Å². The Morgan fingerprint density at radius 3 is 2.48 bits per heavy atom. The molecule has 1 heterocycles. The van der Waals surface area contributed by atoms with Crippen molar-refractivity contribution in [2.45, 2.75) is 38.6 Å². The summed E-state index contributed by atoms with van der Waals surface area (Å²) in [7, 11) is 0. The number of benzene rings is 1. The van der Waals surface area contributed by atoms with Gasteiger partial charge in [-0.05, 0) is 30.9 Å².